The highest BCUT2D eigenvalue weighted by molar-refractivity contribution is 6.03. The van der Waals surface area contributed by atoms with Crippen molar-refractivity contribution in [3.8, 4) is 5.75 Å². The average molecular weight is 378 g/mol. The van der Waals surface area contributed by atoms with Gasteiger partial charge in [-0.15, -0.1) is 0 Å². The zero-order valence-corrected chi connectivity index (χ0v) is 15.7. The largest absolute Gasteiger partial charge is 0.495 e. The van der Waals surface area contributed by atoms with Gasteiger partial charge in [-0.05, 0) is 18.2 Å². The molecule has 1 aliphatic heterocycles. The molecule has 0 aliphatic carbocycles. The van der Waals surface area contributed by atoms with Crippen LogP contribution in [0.4, 0.5) is 11.4 Å². The molecule has 1 amide bonds. The van der Waals surface area contributed by atoms with Crippen LogP contribution in [0.5, 0.6) is 5.75 Å². The fourth-order valence-electron chi connectivity index (χ4n) is 2.55. The van der Waals surface area contributed by atoms with Crippen molar-refractivity contribution in [2.45, 2.75) is 13.3 Å². The Labute approximate surface area is 156 Å². The molecule has 0 atom stereocenters. The van der Waals surface area contributed by atoms with Gasteiger partial charge in [0.25, 0.3) is 0 Å². The van der Waals surface area contributed by atoms with Crippen LogP contribution in [-0.4, -0.2) is 52.5 Å². The van der Waals surface area contributed by atoms with E-state index in [0.29, 0.717) is 23.5 Å². The molecule has 9 nitrogen and oxygen atoms in total. The first kappa shape index (κ1) is 20.2. The maximum atomic E-state index is 12.3. The molecule has 0 radical (unpaired) electrons. The topological polar surface area (TPSA) is 103 Å². The van der Waals surface area contributed by atoms with Gasteiger partial charge in [-0.1, -0.05) is 6.92 Å². The number of hydrogen-bond donors (Lipinski definition) is 1. The lowest BCUT2D eigenvalue weighted by Crippen LogP contribution is -2.38. The second-order valence-corrected chi connectivity index (χ2v) is 5.50. The van der Waals surface area contributed by atoms with E-state index in [-0.39, 0.29) is 30.5 Å². The van der Waals surface area contributed by atoms with Crippen molar-refractivity contribution in [2.75, 3.05) is 44.9 Å². The summed E-state index contributed by atoms with van der Waals surface area (Å²) in [6, 6.07) is 4.94. The maximum absolute atomic E-state index is 12.3. The molecule has 1 aliphatic rings. The number of rotatable bonds is 6. The van der Waals surface area contributed by atoms with Gasteiger partial charge in [0.05, 0.1) is 39.2 Å². The number of esters is 2. The Bertz CT molecular complexity index is 773. The van der Waals surface area contributed by atoms with Crippen molar-refractivity contribution in [3.05, 3.63) is 29.5 Å². The molecule has 0 spiro atoms. The highest BCUT2D eigenvalue weighted by atomic mass is 16.5. The van der Waals surface area contributed by atoms with Gasteiger partial charge in [0.15, 0.2) is 0 Å². The minimum absolute atomic E-state index is 0.0123. The minimum Gasteiger partial charge on any atom is -0.495 e. The fourth-order valence-corrected chi connectivity index (χ4v) is 2.55. The molecular formula is C18H22N2O7. The van der Waals surface area contributed by atoms with E-state index in [1.807, 2.05) is 0 Å². The maximum Gasteiger partial charge on any atom is 0.355 e. The molecule has 0 saturated carbocycles. The molecule has 9 heteroatoms. The molecule has 0 fully saturated rings. The summed E-state index contributed by atoms with van der Waals surface area (Å²) in [5.41, 5.74) is 0.999. The van der Waals surface area contributed by atoms with Crippen LogP contribution in [-0.2, 0) is 28.6 Å². The third-order valence-corrected chi connectivity index (χ3v) is 3.92. The Hall–Kier alpha value is -3.07. The monoisotopic (exact) mass is 378 g/mol. The number of anilines is 2. The summed E-state index contributed by atoms with van der Waals surface area (Å²) < 4.78 is 20.3. The fraction of sp³-hybridized carbons (Fsp3) is 0.389. The van der Waals surface area contributed by atoms with Crippen LogP contribution in [0.1, 0.15) is 13.3 Å². The summed E-state index contributed by atoms with van der Waals surface area (Å²) >= 11 is 0. The van der Waals surface area contributed by atoms with E-state index in [9.17, 15) is 14.4 Å². The summed E-state index contributed by atoms with van der Waals surface area (Å²) in [6.07, 6.45) is 0.292. The van der Waals surface area contributed by atoms with Crippen molar-refractivity contribution in [2.24, 2.45) is 0 Å². The molecule has 2 rings (SSSR count). The first-order valence-corrected chi connectivity index (χ1v) is 8.19. The van der Waals surface area contributed by atoms with E-state index < -0.39 is 11.9 Å². The molecule has 1 aromatic rings. The number of carbonyl (C=O) groups is 3. The summed E-state index contributed by atoms with van der Waals surface area (Å²) in [6.45, 7) is 1.66. The normalized spacial score (nSPS) is 13.9. The number of carbonyl (C=O) groups excluding carboxylic acids is 3. The van der Waals surface area contributed by atoms with E-state index in [4.69, 9.17) is 18.9 Å². The lowest BCUT2D eigenvalue weighted by atomic mass is 10.1. The summed E-state index contributed by atoms with van der Waals surface area (Å²) in [7, 11) is 3.92. The Kier molecular flexibility index (Phi) is 6.78. The highest BCUT2D eigenvalue weighted by Crippen LogP contribution is 2.33. The van der Waals surface area contributed by atoms with E-state index >= 15 is 0 Å². The second-order valence-electron chi connectivity index (χ2n) is 5.50. The third kappa shape index (κ3) is 4.37. The third-order valence-electron chi connectivity index (χ3n) is 3.92. The van der Waals surface area contributed by atoms with E-state index in [2.05, 4.69) is 5.32 Å². The van der Waals surface area contributed by atoms with Crippen molar-refractivity contribution in [1.29, 1.82) is 0 Å². The molecule has 0 bridgehead atoms. The quantitative estimate of drug-likeness (QED) is 0.742. The molecule has 0 aromatic heterocycles. The molecule has 146 valence electrons. The van der Waals surface area contributed by atoms with Gasteiger partial charge in [-0.2, -0.15) is 0 Å². The standard InChI is InChI=1S/C18H22N2O7/c1-5-15(21)19-13-8-11(6-7-14(13)24-2)20-10-27-9-12(17(22)25-3)16(20)18(23)26-4/h6-8H,5,9-10H2,1-4H3,(H,19,21). The van der Waals surface area contributed by atoms with Crippen molar-refractivity contribution in [3.63, 3.8) is 0 Å². The zero-order chi connectivity index (χ0) is 20.0. The van der Waals surface area contributed by atoms with Gasteiger partial charge >= 0.3 is 11.9 Å². The van der Waals surface area contributed by atoms with Gasteiger partial charge in [0.2, 0.25) is 5.91 Å². The van der Waals surface area contributed by atoms with Crippen molar-refractivity contribution < 1.29 is 33.3 Å². The predicted molar refractivity (Wildman–Crippen MR) is 96.3 cm³/mol. The first-order chi connectivity index (χ1) is 13.0. The first-order valence-electron chi connectivity index (χ1n) is 8.19. The lowest BCUT2D eigenvalue weighted by molar-refractivity contribution is -0.140. The van der Waals surface area contributed by atoms with Gasteiger partial charge in [-0.3, -0.25) is 4.79 Å². The number of amides is 1. The van der Waals surface area contributed by atoms with Crippen LogP contribution >= 0.6 is 0 Å². The summed E-state index contributed by atoms with van der Waals surface area (Å²) in [5.74, 6) is -1.13. The SMILES string of the molecule is CCC(=O)Nc1cc(N2COCC(C(=O)OC)=C2C(=O)OC)ccc1OC. The Morgan fingerprint density at radius 2 is 1.85 bits per heavy atom. The number of hydrogen-bond acceptors (Lipinski definition) is 8. The van der Waals surface area contributed by atoms with Crippen LogP contribution in [0.3, 0.4) is 0 Å². The number of ether oxygens (including phenoxy) is 4. The van der Waals surface area contributed by atoms with E-state index in [1.54, 1.807) is 25.1 Å². The Morgan fingerprint density at radius 3 is 2.44 bits per heavy atom. The van der Waals surface area contributed by atoms with Crippen molar-refractivity contribution in [1.82, 2.24) is 0 Å². The van der Waals surface area contributed by atoms with Crippen LogP contribution in [0.2, 0.25) is 0 Å². The summed E-state index contributed by atoms with van der Waals surface area (Å²) in [5, 5.41) is 2.74. The average Bonchev–Trinajstić information content (AvgIpc) is 2.71. The smallest absolute Gasteiger partial charge is 0.355 e. The molecular weight excluding hydrogens is 356 g/mol. The number of nitrogens with zero attached hydrogens (tertiary/aromatic N) is 1. The number of methoxy groups -OCH3 is 3. The molecule has 1 aromatic carbocycles. The Balaban J connectivity index is 2.53. The highest BCUT2D eigenvalue weighted by Gasteiger charge is 2.32. The molecule has 0 unspecified atom stereocenters. The second kappa shape index (κ2) is 9.04. The summed E-state index contributed by atoms with van der Waals surface area (Å²) in [4.78, 5) is 37.6. The van der Waals surface area contributed by atoms with Gasteiger partial charge in [0.1, 0.15) is 18.2 Å². The zero-order valence-electron chi connectivity index (χ0n) is 15.7. The number of benzene rings is 1. The van der Waals surface area contributed by atoms with Crippen molar-refractivity contribution >= 4 is 29.2 Å². The lowest BCUT2D eigenvalue weighted by Gasteiger charge is -2.31. The van der Waals surface area contributed by atoms with Crippen LogP contribution in [0, 0.1) is 0 Å². The van der Waals surface area contributed by atoms with Crippen LogP contribution < -0.4 is 15.0 Å². The van der Waals surface area contributed by atoms with Gasteiger partial charge < -0.3 is 29.2 Å². The van der Waals surface area contributed by atoms with Gasteiger partial charge in [0, 0.05) is 12.1 Å². The van der Waals surface area contributed by atoms with Crippen LogP contribution in [0.25, 0.3) is 0 Å². The van der Waals surface area contributed by atoms with Crippen LogP contribution in [0.15, 0.2) is 29.5 Å². The van der Waals surface area contributed by atoms with E-state index in [0.717, 1.165) is 0 Å². The minimum atomic E-state index is -0.700. The molecule has 1 heterocycles. The molecule has 1 N–H and O–H groups in total. The van der Waals surface area contributed by atoms with E-state index in [1.165, 1.54) is 26.2 Å². The molecule has 27 heavy (non-hydrogen) atoms. The molecule has 0 saturated heterocycles. The van der Waals surface area contributed by atoms with Gasteiger partial charge in [-0.25, -0.2) is 9.59 Å². The number of nitrogens with one attached hydrogen (secondary N) is 1. The predicted octanol–water partition coefficient (Wildman–Crippen LogP) is 1.44. The Morgan fingerprint density at radius 1 is 1.15 bits per heavy atom.